The Balaban J connectivity index is 2.25. The lowest BCUT2D eigenvalue weighted by atomic mass is 10.2. The molecule has 1 amide bonds. The van der Waals surface area contributed by atoms with E-state index in [2.05, 4.69) is 10.5 Å². The number of nitrogens with two attached hydrogens (primary N) is 1. The van der Waals surface area contributed by atoms with Crippen molar-refractivity contribution in [1.82, 2.24) is 5.43 Å². The normalized spacial score (nSPS) is 10.8. The second-order valence-corrected chi connectivity index (χ2v) is 5.82. The summed E-state index contributed by atoms with van der Waals surface area (Å²) in [6, 6.07) is 9.23. The Kier molecular flexibility index (Phi) is 6.32. The van der Waals surface area contributed by atoms with Gasteiger partial charge in [-0.1, -0.05) is 6.07 Å². The number of nitrogens with zero attached hydrogens (tertiary/aromatic N) is 2. The fourth-order valence-electron chi connectivity index (χ4n) is 2.23. The molecule has 0 aliphatic carbocycles. The van der Waals surface area contributed by atoms with Gasteiger partial charge < -0.3 is 15.2 Å². The van der Waals surface area contributed by atoms with Crippen LogP contribution in [-0.4, -0.2) is 30.3 Å². The van der Waals surface area contributed by atoms with Crippen molar-refractivity contribution in [2.45, 2.75) is 20.0 Å². The van der Waals surface area contributed by atoms with Gasteiger partial charge in [0.25, 0.3) is 5.91 Å². The highest BCUT2D eigenvalue weighted by Gasteiger charge is 2.23. The molecule has 0 aliphatic heterocycles. The number of hydrogen-bond donors (Lipinski definition) is 2. The van der Waals surface area contributed by atoms with Crippen LogP contribution in [0, 0.1) is 10.1 Å². The zero-order valence-electron chi connectivity index (χ0n) is 15.1. The highest BCUT2D eigenvalue weighted by Crippen LogP contribution is 2.38. The summed E-state index contributed by atoms with van der Waals surface area (Å²) < 4.78 is 10.7. The van der Waals surface area contributed by atoms with E-state index in [1.165, 1.54) is 31.5 Å². The van der Waals surface area contributed by atoms with E-state index in [0.717, 1.165) is 0 Å². The van der Waals surface area contributed by atoms with Gasteiger partial charge >= 0.3 is 5.69 Å². The summed E-state index contributed by atoms with van der Waals surface area (Å²) >= 11 is 0. The van der Waals surface area contributed by atoms with E-state index in [-0.39, 0.29) is 23.3 Å². The maximum absolute atomic E-state index is 12.0. The highest BCUT2D eigenvalue weighted by atomic mass is 16.6. The van der Waals surface area contributed by atoms with Gasteiger partial charge in [0.05, 0.1) is 24.4 Å². The summed E-state index contributed by atoms with van der Waals surface area (Å²) in [6.07, 6.45) is 1.01. The molecule has 0 atom stereocenters. The van der Waals surface area contributed by atoms with Crippen LogP contribution < -0.4 is 20.6 Å². The largest absolute Gasteiger partial charge is 0.493 e. The molecule has 27 heavy (non-hydrogen) atoms. The number of anilines is 1. The number of rotatable bonds is 7. The number of nitro benzene ring substituents is 1. The van der Waals surface area contributed by atoms with Crippen LogP contribution >= 0.6 is 0 Å². The first-order valence-electron chi connectivity index (χ1n) is 8.04. The Labute approximate surface area is 155 Å². The summed E-state index contributed by atoms with van der Waals surface area (Å²) in [5.74, 6) is -0.222. The van der Waals surface area contributed by atoms with Crippen molar-refractivity contribution in [2.24, 2.45) is 5.10 Å². The van der Waals surface area contributed by atoms with E-state index in [1.807, 2.05) is 0 Å². The molecule has 0 bridgehead atoms. The summed E-state index contributed by atoms with van der Waals surface area (Å²) in [5.41, 5.74) is 8.88. The molecular weight excluding hydrogens is 352 g/mol. The lowest BCUT2D eigenvalue weighted by Crippen LogP contribution is -2.17. The number of benzene rings is 2. The van der Waals surface area contributed by atoms with Crippen LogP contribution in [0.1, 0.15) is 29.8 Å². The molecule has 2 aromatic carbocycles. The van der Waals surface area contributed by atoms with Crippen LogP contribution in [0.3, 0.4) is 0 Å². The van der Waals surface area contributed by atoms with Crippen molar-refractivity contribution in [3.8, 4) is 11.5 Å². The Hall–Kier alpha value is -3.62. The quantitative estimate of drug-likeness (QED) is 0.333. The summed E-state index contributed by atoms with van der Waals surface area (Å²) in [7, 11) is 1.38. The van der Waals surface area contributed by atoms with Crippen LogP contribution in [0.4, 0.5) is 11.4 Å². The van der Waals surface area contributed by atoms with E-state index in [9.17, 15) is 14.9 Å². The van der Waals surface area contributed by atoms with Gasteiger partial charge in [-0.05, 0) is 38.1 Å². The average molecular weight is 372 g/mol. The fourth-order valence-corrected chi connectivity index (χ4v) is 2.23. The predicted octanol–water partition coefficient (Wildman–Crippen LogP) is 2.74. The Morgan fingerprint density at radius 2 is 2.07 bits per heavy atom. The second kappa shape index (κ2) is 8.65. The van der Waals surface area contributed by atoms with Crippen LogP contribution in [0.2, 0.25) is 0 Å². The molecule has 2 rings (SSSR count). The molecule has 0 saturated carbocycles. The number of hydrogen-bond acceptors (Lipinski definition) is 7. The third kappa shape index (κ3) is 5.18. The smallest absolute Gasteiger partial charge is 0.315 e. The molecule has 9 heteroatoms. The Morgan fingerprint density at radius 3 is 2.67 bits per heavy atom. The molecule has 0 aromatic heterocycles. The molecule has 0 saturated heterocycles. The zero-order valence-corrected chi connectivity index (χ0v) is 15.1. The van der Waals surface area contributed by atoms with E-state index in [1.54, 1.807) is 32.0 Å². The maximum atomic E-state index is 12.0. The number of carbonyl (C=O) groups excluding carboxylic acids is 1. The number of nitrogen functional groups attached to an aromatic ring is 1. The molecule has 0 fully saturated rings. The standard InChI is InChI=1S/C18H20N4O5/c1-11(2)27-17-15(22(24)25)7-12(8-16(17)26-3)10-20-21-18(23)13-5-4-6-14(19)9-13/h4-11H,19H2,1-3H3,(H,21,23)/b20-10-. The van der Waals surface area contributed by atoms with Crippen molar-refractivity contribution in [1.29, 1.82) is 0 Å². The first kappa shape index (κ1) is 19.7. The lowest BCUT2D eigenvalue weighted by molar-refractivity contribution is -0.386. The number of amides is 1. The number of nitrogens with one attached hydrogen (secondary N) is 1. The molecule has 9 nitrogen and oxygen atoms in total. The first-order valence-corrected chi connectivity index (χ1v) is 8.04. The molecule has 0 heterocycles. The fraction of sp³-hybridized carbons (Fsp3) is 0.222. The first-order chi connectivity index (χ1) is 12.8. The Bertz CT molecular complexity index is 880. The topological polar surface area (TPSA) is 129 Å². The van der Waals surface area contributed by atoms with Gasteiger partial charge in [-0.15, -0.1) is 0 Å². The monoisotopic (exact) mass is 372 g/mol. The van der Waals surface area contributed by atoms with Gasteiger partial charge in [0.2, 0.25) is 5.75 Å². The Morgan fingerprint density at radius 1 is 1.33 bits per heavy atom. The van der Waals surface area contributed by atoms with E-state index >= 15 is 0 Å². The van der Waals surface area contributed by atoms with Gasteiger partial charge in [-0.2, -0.15) is 5.10 Å². The van der Waals surface area contributed by atoms with E-state index in [4.69, 9.17) is 15.2 Å². The number of hydrazone groups is 1. The third-order valence-electron chi connectivity index (χ3n) is 3.36. The van der Waals surface area contributed by atoms with Crippen molar-refractivity contribution in [3.05, 3.63) is 57.6 Å². The van der Waals surface area contributed by atoms with Crippen molar-refractivity contribution < 1.29 is 19.2 Å². The summed E-state index contributed by atoms with van der Waals surface area (Å²) in [6.45, 7) is 3.51. The van der Waals surface area contributed by atoms with Crippen molar-refractivity contribution in [3.63, 3.8) is 0 Å². The van der Waals surface area contributed by atoms with Gasteiger partial charge in [0.15, 0.2) is 5.75 Å². The number of methoxy groups -OCH3 is 1. The minimum Gasteiger partial charge on any atom is -0.493 e. The highest BCUT2D eigenvalue weighted by molar-refractivity contribution is 5.95. The van der Waals surface area contributed by atoms with Gasteiger partial charge in [-0.25, -0.2) is 5.43 Å². The van der Waals surface area contributed by atoms with E-state index < -0.39 is 10.8 Å². The molecule has 3 N–H and O–H groups in total. The van der Waals surface area contributed by atoms with Gasteiger partial charge in [-0.3, -0.25) is 14.9 Å². The molecule has 0 radical (unpaired) electrons. The van der Waals surface area contributed by atoms with Gasteiger partial charge in [0, 0.05) is 22.9 Å². The van der Waals surface area contributed by atoms with Crippen LogP contribution in [0.25, 0.3) is 0 Å². The second-order valence-electron chi connectivity index (χ2n) is 5.82. The van der Waals surface area contributed by atoms with E-state index in [0.29, 0.717) is 16.8 Å². The van der Waals surface area contributed by atoms with Crippen LogP contribution in [0.15, 0.2) is 41.5 Å². The summed E-state index contributed by atoms with van der Waals surface area (Å²) in [4.78, 5) is 22.8. The zero-order chi connectivity index (χ0) is 20.0. The number of nitro groups is 1. The number of carbonyl (C=O) groups is 1. The van der Waals surface area contributed by atoms with Crippen LogP contribution in [0.5, 0.6) is 11.5 Å². The van der Waals surface area contributed by atoms with Gasteiger partial charge in [0.1, 0.15) is 0 Å². The van der Waals surface area contributed by atoms with Crippen molar-refractivity contribution >= 4 is 23.5 Å². The maximum Gasteiger partial charge on any atom is 0.315 e. The minimum absolute atomic E-state index is 0.0402. The van der Waals surface area contributed by atoms with Crippen molar-refractivity contribution in [2.75, 3.05) is 12.8 Å². The molecular formula is C18H20N4O5. The molecule has 0 spiro atoms. The lowest BCUT2D eigenvalue weighted by Gasteiger charge is -2.14. The predicted molar refractivity (Wildman–Crippen MR) is 101 cm³/mol. The molecule has 0 aliphatic rings. The SMILES string of the molecule is COc1cc(/C=N\NC(=O)c2cccc(N)c2)cc([N+](=O)[O-])c1OC(C)C. The average Bonchev–Trinajstić information content (AvgIpc) is 2.61. The molecule has 0 unspecified atom stereocenters. The molecule has 2 aromatic rings. The number of ether oxygens (including phenoxy) is 2. The third-order valence-corrected chi connectivity index (χ3v) is 3.36. The summed E-state index contributed by atoms with van der Waals surface area (Å²) in [5, 5.41) is 15.2. The van der Waals surface area contributed by atoms with Crippen LogP contribution in [-0.2, 0) is 0 Å². The minimum atomic E-state index is -0.567. The molecule has 142 valence electrons.